The van der Waals surface area contributed by atoms with Gasteiger partial charge < -0.3 is 10.6 Å². The highest BCUT2D eigenvalue weighted by atomic mass is 15.1. The molecule has 0 bridgehead atoms. The molecule has 0 radical (unpaired) electrons. The third-order valence-corrected chi connectivity index (χ3v) is 3.59. The highest BCUT2D eigenvalue weighted by Crippen LogP contribution is 2.20. The average Bonchev–Trinajstić information content (AvgIpc) is 2.37. The smallest absolute Gasteiger partial charge is 0.0314 e. The SMILES string of the molecule is CCCCCN(C)CCC(C)c1ccc(N)cc1. The van der Waals surface area contributed by atoms with Crippen LogP contribution in [-0.2, 0) is 0 Å². The molecular formula is C16H28N2. The van der Waals surface area contributed by atoms with E-state index in [-0.39, 0.29) is 0 Å². The number of rotatable bonds is 8. The van der Waals surface area contributed by atoms with Gasteiger partial charge in [-0.2, -0.15) is 0 Å². The molecule has 2 heteroatoms. The van der Waals surface area contributed by atoms with Gasteiger partial charge in [0, 0.05) is 5.69 Å². The Hall–Kier alpha value is -1.02. The van der Waals surface area contributed by atoms with Gasteiger partial charge in [0.2, 0.25) is 0 Å². The first-order valence-corrected chi connectivity index (χ1v) is 7.17. The molecule has 1 aromatic carbocycles. The minimum absolute atomic E-state index is 0.610. The van der Waals surface area contributed by atoms with Crippen molar-refractivity contribution >= 4 is 5.69 Å². The average molecular weight is 248 g/mol. The van der Waals surface area contributed by atoms with E-state index in [0.717, 1.165) is 5.69 Å². The first-order chi connectivity index (χ1) is 8.63. The van der Waals surface area contributed by atoms with Crippen LogP contribution in [-0.4, -0.2) is 25.0 Å². The Labute approximate surface area is 112 Å². The van der Waals surface area contributed by atoms with Crippen molar-refractivity contribution in [2.75, 3.05) is 25.9 Å². The van der Waals surface area contributed by atoms with E-state index in [9.17, 15) is 0 Å². The second-order valence-electron chi connectivity index (χ2n) is 5.37. The van der Waals surface area contributed by atoms with E-state index >= 15 is 0 Å². The van der Waals surface area contributed by atoms with Crippen LogP contribution in [0.15, 0.2) is 24.3 Å². The van der Waals surface area contributed by atoms with Crippen LogP contribution in [0.4, 0.5) is 5.69 Å². The number of nitrogen functional groups attached to an aromatic ring is 1. The van der Waals surface area contributed by atoms with Gasteiger partial charge in [-0.05, 0) is 56.6 Å². The van der Waals surface area contributed by atoms with Crippen molar-refractivity contribution in [2.45, 2.75) is 45.4 Å². The quantitative estimate of drug-likeness (QED) is 0.559. The Balaban J connectivity index is 2.27. The van der Waals surface area contributed by atoms with Crippen LogP contribution >= 0.6 is 0 Å². The lowest BCUT2D eigenvalue weighted by atomic mass is 9.97. The normalized spacial score (nSPS) is 12.9. The van der Waals surface area contributed by atoms with E-state index < -0.39 is 0 Å². The topological polar surface area (TPSA) is 29.3 Å². The zero-order valence-corrected chi connectivity index (χ0v) is 12.2. The fourth-order valence-electron chi connectivity index (χ4n) is 2.15. The van der Waals surface area contributed by atoms with Crippen LogP contribution in [0.3, 0.4) is 0 Å². The van der Waals surface area contributed by atoms with Gasteiger partial charge >= 0.3 is 0 Å². The first-order valence-electron chi connectivity index (χ1n) is 7.17. The second-order valence-corrected chi connectivity index (χ2v) is 5.37. The summed E-state index contributed by atoms with van der Waals surface area (Å²) in [4.78, 5) is 2.45. The number of hydrogen-bond donors (Lipinski definition) is 1. The Morgan fingerprint density at radius 1 is 1.11 bits per heavy atom. The molecule has 0 saturated heterocycles. The molecule has 1 atom stereocenters. The molecule has 0 heterocycles. The summed E-state index contributed by atoms with van der Waals surface area (Å²) < 4.78 is 0. The van der Waals surface area contributed by atoms with Crippen LogP contribution in [0, 0.1) is 0 Å². The van der Waals surface area contributed by atoms with Gasteiger partial charge in [0.15, 0.2) is 0 Å². The molecule has 0 spiro atoms. The predicted molar refractivity (Wildman–Crippen MR) is 80.9 cm³/mol. The van der Waals surface area contributed by atoms with Gasteiger partial charge in [0.25, 0.3) is 0 Å². The van der Waals surface area contributed by atoms with Crippen LogP contribution in [0.5, 0.6) is 0 Å². The molecular weight excluding hydrogens is 220 g/mol. The number of benzene rings is 1. The van der Waals surface area contributed by atoms with Crippen molar-refractivity contribution in [3.63, 3.8) is 0 Å². The molecule has 102 valence electrons. The van der Waals surface area contributed by atoms with Crippen LogP contribution in [0.25, 0.3) is 0 Å². The maximum Gasteiger partial charge on any atom is 0.0314 e. The predicted octanol–water partition coefficient (Wildman–Crippen LogP) is 3.88. The zero-order chi connectivity index (χ0) is 13.4. The Morgan fingerprint density at radius 3 is 2.39 bits per heavy atom. The number of hydrogen-bond acceptors (Lipinski definition) is 2. The van der Waals surface area contributed by atoms with Crippen LogP contribution in [0.2, 0.25) is 0 Å². The van der Waals surface area contributed by atoms with Crippen molar-refractivity contribution in [1.29, 1.82) is 0 Å². The van der Waals surface area contributed by atoms with Crippen molar-refractivity contribution in [3.8, 4) is 0 Å². The van der Waals surface area contributed by atoms with Gasteiger partial charge in [-0.1, -0.05) is 38.8 Å². The molecule has 18 heavy (non-hydrogen) atoms. The summed E-state index contributed by atoms with van der Waals surface area (Å²) in [5, 5.41) is 0. The first kappa shape index (κ1) is 15.0. The maximum atomic E-state index is 5.71. The number of nitrogens with two attached hydrogens (primary N) is 1. The monoisotopic (exact) mass is 248 g/mol. The highest BCUT2D eigenvalue weighted by Gasteiger charge is 2.06. The fraction of sp³-hybridized carbons (Fsp3) is 0.625. The molecule has 0 saturated carbocycles. The molecule has 0 aromatic heterocycles. The van der Waals surface area contributed by atoms with Crippen molar-refractivity contribution < 1.29 is 0 Å². The van der Waals surface area contributed by atoms with Crippen LogP contribution < -0.4 is 5.73 Å². The highest BCUT2D eigenvalue weighted by molar-refractivity contribution is 5.40. The minimum Gasteiger partial charge on any atom is -0.399 e. The summed E-state index contributed by atoms with van der Waals surface area (Å²) in [5.74, 6) is 0.610. The Kier molecular flexibility index (Phi) is 6.81. The molecule has 2 N–H and O–H groups in total. The second kappa shape index (κ2) is 8.15. The van der Waals surface area contributed by atoms with E-state index in [0.29, 0.717) is 5.92 Å². The van der Waals surface area contributed by atoms with E-state index in [4.69, 9.17) is 5.73 Å². The van der Waals surface area contributed by atoms with Crippen LogP contribution in [0.1, 0.15) is 51.0 Å². The molecule has 1 rings (SSSR count). The molecule has 2 nitrogen and oxygen atoms in total. The van der Waals surface area contributed by atoms with Gasteiger partial charge in [0.1, 0.15) is 0 Å². The number of nitrogens with zero attached hydrogens (tertiary/aromatic N) is 1. The largest absolute Gasteiger partial charge is 0.399 e. The molecule has 0 aliphatic heterocycles. The van der Waals surface area contributed by atoms with Crippen molar-refractivity contribution in [3.05, 3.63) is 29.8 Å². The van der Waals surface area contributed by atoms with E-state index in [2.05, 4.69) is 37.9 Å². The summed E-state index contributed by atoms with van der Waals surface area (Å²) in [6.45, 7) is 6.95. The standard InChI is InChI=1S/C16H28N2/c1-4-5-6-12-18(3)13-11-14(2)15-7-9-16(17)10-8-15/h7-10,14H,4-6,11-13,17H2,1-3H3. The third kappa shape index (κ3) is 5.54. The summed E-state index contributed by atoms with van der Waals surface area (Å²) in [6.07, 6.45) is 5.18. The molecule has 0 fully saturated rings. The maximum absolute atomic E-state index is 5.71. The number of anilines is 1. The summed E-state index contributed by atoms with van der Waals surface area (Å²) in [5.41, 5.74) is 7.95. The lowest BCUT2D eigenvalue weighted by Gasteiger charge is -2.19. The Morgan fingerprint density at radius 2 is 1.78 bits per heavy atom. The lowest BCUT2D eigenvalue weighted by molar-refractivity contribution is 0.313. The van der Waals surface area contributed by atoms with Gasteiger partial charge in [-0.3, -0.25) is 0 Å². The van der Waals surface area contributed by atoms with E-state index in [1.165, 1.54) is 44.3 Å². The minimum atomic E-state index is 0.610. The molecule has 0 amide bonds. The molecule has 0 aliphatic carbocycles. The van der Waals surface area contributed by atoms with E-state index in [1.54, 1.807) is 0 Å². The Bertz CT molecular complexity index is 318. The lowest BCUT2D eigenvalue weighted by Crippen LogP contribution is -2.22. The zero-order valence-electron chi connectivity index (χ0n) is 12.2. The molecule has 1 aromatic rings. The van der Waals surface area contributed by atoms with Gasteiger partial charge in [0.05, 0.1) is 0 Å². The molecule has 1 unspecified atom stereocenters. The van der Waals surface area contributed by atoms with Crippen molar-refractivity contribution in [1.82, 2.24) is 4.90 Å². The summed E-state index contributed by atoms with van der Waals surface area (Å²) in [6, 6.07) is 8.29. The van der Waals surface area contributed by atoms with Gasteiger partial charge in [-0.15, -0.1) is 0 Å². The summed E-state index contributed by atoms with van der Waals surface area (Å²) in [7, 11) is 2.23. The van der Waals surface area contributed by atoms with Gasteiger partial charge in [-0.25, -0.2) is 0 Å². The third-order valence-electron chi connectivity index (χ3n) is 3.59. The molecule has 0 aliphatic rings. The van der Waals surface area contributed by atoms with E-state index in [1.807, 2.05) is 12.1 Å². The van der Waals surface area contributed by atoms with Crippen molar-refractivity contribution in [2.24, 2.45) is 0 Å². The summed E-state index contributed by atoms with van der Waals surface area (Å²) >= 11 is 0. The number of unbranched alkanes of at least 4 members (excludes halogenated alkanes) is 2. The fourth-order valence-corrected chi connectivity index (χ4v) is 2.15.